The van der Waals surface area contributed by atoms with Crippen LogP contribution in [0.15, 0.2) is 6.33 Å². The van der Waals surface area contributed by atoms with Gasteiger partial charge in [0, 0.05) is 7.05 Å². The third-order valence-electron chi connectivity index (χ3n) is 2.56. The van der Waals surface area contributed by atoms with Crippen LogP contribution in [0.5, 0.6) is 0 Å². The minimum Gasteiger partial charge on any atom is -0.382 e. The minimum absolute atomic E-state index is 0.703. The van der Waals surface area contributed by atoms with Crippen LogP contribution in [-0.4, -0.2) is 19.9 Å². The van der Waals surface area contributed by atoms with Gasteiger partial charge < -0.3 is 9.67 Å². The van der Waals surface area contributed by atoms with Gasteiger partial charge in [0.2, 0.25) is 0 Å². The molecule has 1 fully saturated rings. The zero-order valence-electron chi connectivity index (χ0n) is 7.19. The van der Waals surface area contributed by atoms with Gasteiger partial charge in [0.25, 0.3) is 0 Å². The molecule has 1 saturated carbocycles. The van der Waals surface area contributed by atoms with Gasteiger partial charge in [-0.05, 0) is 25.7 Å². The average molecular weight is 167 g/mol. The predicted molar refractivity (Wildman–Crippen MR) is 43.4 cm³/mol. The van der Waals surface area contributed by atoms with Gasteiger partial charge in [-0.1, -0.05) is 0 Å². The van der Waals surface area contributed by atoms with Crippen LogP contribution in [0.1, 0.15) is 31.5 Å². The number of hydrogen-bond acceptors (Lipinski definition) is 3. The summed E-state index contributed by atoms with van der Waals surface area (Å²) in [5, 5.41) is 17.8. The van der Waals surface area contributed by atoms with Crippen molar-refractivity contribution in [3.05, 3.63) is 12.2 Å². The molecule has 0 amide bonds. The standard InChI is InChI=1S/C8H13N3O/c1-11-6-9-10-7(11)8(12)4-2-3-5-8/h6,12H,2-5H2,1H3. The summed E-state index contributed by atoms with van der Waals surface area (Å²) in [6.07, 6.45) is 5.44. The first-order chi connectivity index (χ1) is 5.72. The van der Waals surface area contributed by atoms with E-state index in [-0.39, 0.29) is 0 Å². The quantitative estimate of drug-likeness (QED) is 0.665. The molecule has 0 saturated heterocycles. The fourth-order valence-corrected chi connectivity index (χ4v) is 1.89. The molecule has 4 heteroatoms. The molecular formula is C8H13N3O. The van der Waals surface area contributed by atoms with Crippen molar-refractivity contribution in [3.8, 4) is 0 Å². The zero-order valence-corrected chi connectivity index (χ0v) is 7.19. The maximum absolute atomic E-state index is 10.1. The first kappa shape index (κ1) is 7.73. The van der Waals surface area contributed by atoms with Crippen LogP contribution in [0.3, 0.4) is 0 Å². The van der Waals surface area contributed by atoms with E-state index in [0.717, 1.165) is 25.7 Å². The molecule has 0 unspecified atom stereocenters. The Balaban J connectivity index is 2.34. The number of aromatic nitrogens is 3. The fourth-order valence-electron chi connectivity index (χ4n) is 1.89. The summed E-state index contributed by atoms with van der Waals surface area (Å²) >= 11 is 0. The molecular weight excluding hydrogens is 154 g/mol. The summed E-state index contributed by atoms with van der Waals surface area (Å²) in [5.41, 5.74) is -0.703. The average Bonchev–Trinajstić information content (AvgIpc) is 2.59. The van der Waals surface area contributed by atoms with E-state index < -0.39 is 5.60 Å². The van der Waals surface area contributed by atoms with E-state index in [4.69, 9.17) is 0 Å². The summed E-state index contributed by atoms with van der Waals surface area (Å²) in [5.74, 6) is 0.708. The highest BCUT2D eigenvalue weighted by Crippen LogP contribution is 2.36. The maximum Gasteiger partial charge on any atom is 0.164 e. The van der Waals surface area contributed by atoms with Crippen molar-refractivity contribution in [2.24, 2.45) is 7.05 Å². The molecule has 12 heavy (non-hydrogen) atoms. The number of aryl methyl sites for hydroxylation is 1. The Hall–Kier alpha value is -0.900. The van der Waals surface area contributed by atoms with Gasteiger partial charge in [-0.2, -0.15) is 0 Å². The Kier molecular flexibility index (Phi) is 1.65. The first-order valence-electron chi connectivity index (χ1n) is 4.29. The second-order valence-corrected chi connectivity index (χ2v) is 3.50. The van der Waals surface area contributed by atoms with Gasteiger partial charge in [-0.3, -0.25) is 0 Å². The smallest absolute Gasteiger partial charge is 0.164 e. The topological polar surface area (TPSA) is 50.9 Å². The molecule has 1 N–H and O–H groups in total. The number of nitrogens with zero attached hydrogens (tertiary/aromatic N) is 3. The van der Waals surface area contributed by atoms with Gasteiger partial charge in [0.1, 0.15) is 11.9 Å². The van der Waals surface area contributed by atoms with Crippen molar-refractivity contribution in [1.29, 1.82) is 0 Å². The zero-order chi connectivity index (χ0) is 8.60. The second-order valence-electron chi connectivity index (χ2n) is 3.50. The number of aliphatic hydroxyl groups is 1. The van der Waals surface area contributed by atoms with Crippen molar-refractivity contribution in [1.82, 2.24) is 14.8 Å². The molecule has 1 aliphatic rings. The van der Waals surface area contributed by atoms with E-state index in [9.17, 15) is 5.11 Å². The lowest BCUT2D eigenvalue weighted by Crippen LogP contribution is -2.25. The predicted octanol–water partition coefficient (Wildman–Crippen LogP) is 0.577. The van der Waals surface area contributed by atoms with Crippen LogP contribution in [0.4, 0.5) is 0 Å². The van der Waals surface area contributed by atoms with E-state index in [1.54, 1.807) is 10.9 Å². The Morgan fingerprint density at radius 2 is 2.17 bits per heavy atom. The molecule has 0 spiro atoms. The molecule has 1 aliphatic carbocycles. The van der Waals surface area contributed by atoms with Crippen LogP contribution in [-0.2, 0) is 12.6 Å². The molecule has 0 radical (unpaired) electrons. The van der Waals surface area contributed by atoms with Gasteiger partial charge >= 0.3 is 0 Å². The van der Waals surface area contributed by atoms with Gasteiger partial charge in [-0.15, -0.1) is 10.2 Å². The van der Waals surface area contributed by atoms with Crippen LogP contribution >= 0.6 is 0 Å². The van der Waals surface area contributed by atoms with Crippen molar-refractivity contribution >= 4 is 0 Å². The minimum atomic E-state index is -0.703. The van der Waals surface area contributed by atoms with E-state index >= 15 is 0 Å². The van der Waals surface area contributed by atoms with Crippen LogP contribution in [0, 0.1) is 0 Å². The molecule has 1 heterocycles. The van der Waals surface area contributed by atoms with Crippen molar-refractivity contribution < 1.29 is 5.11 Å². The normalized spacial score (nSPS) is 21.5. The molecule has 1 aromatic rings. The molecule has 66 valence electrons. The van der Waals surface area contributed by atoms with Crippen LogP contribution < -0.4 is 0 Å². The van der Waals surface area contributed by atoms with Crippen molar-refractivity contribution in [2.45, 2.75) is 31.3 Å². The maximum atomic E-state index is 10.1. The molecule has 0 aliphatic heterocycles. The molecule has 2 rings (SSSR count). The van der Waals surface area contributed by atoms with Crippen LogP contribution in [0.2, 0.25) is 0 Å². The van der Waals surface area contributed by atoms with Crippen molar-refractivity contribution in [3.63, 3.8) is 0 Å². The van der Waals surface area contributed by atoms with Gasteiger partial charge in [0.05, 0.1) is 0 Å². The highest BCUT2D eigenvalue weighted by atomic mass is 16.3. The highest BCUT2D eigenvalue weighted by molar-refractivity contribution is 5.03. The second kappa shape index (κ2) is 2.55. The number of hydrogen-bond donors (Lipinski definition) is 1. The van der Waals surface area contributed by atoms with E-state index in [1.165, 1.54) is 0 Å². The third-order valence-corrected chi connectivity index (χ3v) is 2.56. The van der Waals surface area contributed by atoms with Gasteiger partial charge in [-0.25, -0.2) is 0 Å². The lowest BCUT2D eigenvalue weighted by atomic mass is 10.0. The molecule has 1 aromatic heterocycles. The molecule has 0 bridgehead atoms. The fraction of sp³-hybridized carbons (Fsp3) is 0.750. The molecule has 0 atom stereocenters. The summed E-state index contributed by atoms with van der Waals surface area (Å²) in [4.78, 5) is 0. The largest absolute Gasteiger partial charge is 0.382 e. The molecule has 0 aromatic carbocycles. The SMILES string of the molecule is Cn1cnnc1C1(O)CCCC1. The Morgan fingerprint density at radius 3 is 2.67 bits per heavy atom. The van der Waals surface area contributed by atoms with Crippen LogP contribution in [0.25, 0.3) is 0 Å². The summed E-state index contributed by atoms with van der Waals surface area (Å²) in [6, 6.07) is 0. The number of rotatable bonds is 1. The van der Waals surface area contributed by atoms with Gasteiger partial charge in [0.15, 0.2) is 5.82 Å². The lowest BCUT2D eigenvalue weighted by Gasteiger charge is -2.19. The van der Waals surface area contributed by atoms with E-state index in [1.807, 2.05) is 7.05 Å². The Morgan fingerprint density at radius 1 is 1.50 bits per heavy atom. The summed E-state index contributed by atoms with van der Waals surface area (Å²) < 4.78 is 1.80. The first-order valence-corrected chi connectivity index (χ1v) is 4.29. The summed E-state index contributed by atoms with van der Waals surface area (Å²) in [6.45, 7) is 0. The van der Waals surface area contributed by atoms with Crippen molar-refractivity contribution in [2.75, 3.05) is 0 Å². The Bertz CT molecular complexity index is 276. The van der Waals surface area contributed by atoms with E-state index in [2.05, 4.69) is 10.2 Å². The summed E-state index contributed by atoms with van der Waals surface area (Å²) in [7, 11) is 1.87. The molecule has 4 nitrogen and oxygen atoms in total. The highest BCUT2D eigenvalue weighted by Gasteiger charge is 2.36. The lowest BCUT2D eigenvalue weighted by molar-refractivity contribution is 0.0320. The van der Waals surface area contributed by atoms with E-state index in [0.29, 0.717) is 5.82 Å². The Labute approximate surface area is 71.2 Å². The third kappa shape index (κ3) is 1.03. The monoisotopic (exact) mass is 167 g/mol.